The molecule has 0 aliphatic heterocycles. The van der Waals surface area contributed by atoms with Crippen LogP contribution in [0, 0.1) is 17.7 Å². The van der Waals surface area contributed by atoms with Crippen LogP contribution >= 0.6 is 0 Å². The molecule has 3 N–H and O–H groups in total. The predicted molar refractivity (Wildman–Crippen MR) is 79.6 cm³/mol. The molecule has 0 atom stereocenters. The largest absolute Gasteiger partial charge is 0.320 e. The van der Waals surface area contributed by atoms with Crippen LogP contribution in [-0.4, -0.2) is 15.0 Å². The zero-order valence-electron chi connectivity index (χ0n) is 11.0. The number of hydrogen-bond acceptors (Lipinski definition) is 3. The van der Waals surface area contributed by atoms with Gasteiger partial charge in [0.2, 0.25) is 0 Å². The van der Waals surface area contributed by atoms with Crippen LogP contribution in [0.25, 0.3) is 0 Å². The Kier molecular flexibility index (Phi) is 4.58. The normalized spacial score (nSPS) is 10.6. The van der Waals surface area contributed by atoms with Gasteiger partial charge in [0.05, 0.1) is 17.1 Å². The van der Waals surface area contributed by atoms with Gasteiger partial charge < -0.3 is 5.73 Å². The molecule has 2 rings (SSSR count). The van der Waals surface area contributed by atoms with Gasteiger partial charge in [0.1, 0.15) is 5.82 Å². The number of nitrogens with one attached hydrogen (secondary N) is 1. The molecule has 0 fully saturated rings. The van der Waals surface area contributed by atoms with Crippen LogP contribution in [0.2, 0.25) is 0 Å². The summed E-state index contributed by atoms with van der Waals surface area (Å²) >= 11 is 0. The summed E-state index contributed by atoms with van der Waals surface area (Å²) in [5, 5.41) is 0. The number of rotatable bonds is 3. The molecular weight excluding hydrogens is 291 g/mol. The lowest BCUT2D eigenvalue weighted by atomic mass is 10.2. The zero-order chi connectivity index (χ0) is 15.3. The quantitative estimate of drug-likeness (QED) is 0.851. The van der Waals surface area contributed by atoms with E-state index in [0.717, 1.165) is 12.1 Å². The number of benzene rings is 2. The smallest absolute Gasteiger partial charge is 0.261 e. The van der Waals surface area contributed by atoms with Crippen molar-refractivity contribution < 1.29 is 12.8 Å². The topological polar surface area (TPSA) is 72.2 Å². The highest BCUT2D eigenvalue weighted by molar-refractivity contribution is 7.92. The second-order valence-electron chi connectivity index (χ2n) is 4.15. The molecule has 2 aromatic rings. The standard InChI is InChI=1S/C15H13FN2O2S/c16-13-6-8-15(9-7-13)21(19,20)18-14-5-1-3-12(11-14)4-2-10-17/h1,3,5-9,11,18H,10,17H2. The summed E-state index contributed by atoms with van der Waals surface area (Å²) < 4.78 is 39.6. The van der Waals surface area contributed by atoms with Gasteiger partial charge in [0, 0.05) is 5.56 Å². The van der Waals surface area contributed by atoms with Crippen molar-refractivity contribution in [2.75, 3.05) is 11.3 Å². The molecule has 6 heteroatoms. The number of nitrogens with two attached hydrogens (primary N) is 1. The maximum absolute atomic E-state index is 12.8. The molecular formula is C15H13FN2O2S. The fourth-order valence-corrected chi connectivity index (χ4v) is 2.69. The Labute approximate surface area is 122 Å². The minimum absolute atomic E-state index is 0.0117. The van der Waals surface area contributed by atoms with Crippen molar-refractivity contribution in [2.24, 2.45) is 5.73 Å². The third-order valence-electron chi connectivity index (χ3n) is 2.57. The number of sulfonamides is 1. The van der Waals surface area contributed by atoms with Crippen molar-refractivity contribution >= 4 is 15.7 Å². The molecule has 0 bridgehead atoms. The van der Waals surface area contributed by atoms with E-state index in [0.29, 0.717) is 11.3 Å². The van der Waals surface area contributed by atoms with E-state index in [1.807, 2.05) is 0 Å². The SMILES string of the molecule is NCC#Cc1cccc(NS(=O)(=O)c2ccc(F)cc2)c1. The Morgan fingerprint density at radius 1 is 1.14 bits per heavy atom. The van der Waals surface area contributed by atoms with Crippen molar-refractivity contribution in [1.29, 1.82) is 0 Å². The molecule has 2 aromatic carbocycles. The fourth-order valence-electron chi connectivity index (χ4n) is 1.64. The van der Waals surface area contributed by atoms with Crippen LogP contribution < -0.4 is 10.5 Å². The molecule has 0 saturated heterocycles. The molecule has 0 amide bonds. The second kappa shape index (κ2) is 6.39. The first-order valence-electron chi connectivity index (χ1n) is 6.09. The van der Waals surface area contributed by atoms with Crippen molar-refractivity contribution in [3.63, 3.8) is 0 Å². The van der Waals surface area contributed by atoms with Gasteiger partial charge in [-0.2, -0.15) is 0 Å². The lowest BCUT2D eigenvalue weighted by Crippen LogP contribution is -2.12. The van der Waals surface area contributed by atoms with Gasteiger partial charge in [0.25, 0.3) is 10.0 Å². The van der Waals surface area contributed by atoms with Crippen LogP contribution in [0.5, 0.6) is 0 Å². The molecule has 21 heavy (non-hydrogen) atoms. The summed E-state index contributed by atoms with van der Waals surface area (Å²) in [6.45, 7) is 0.228. The Hall–Kier alpha value is -2.36. The van der Waals surface area contributed by atoms with E-state index >= 15 is 0 Å². The summed E-state index contributed by atoms with van der Waals surface area (Å²) in [6, 6.07) is 11.2. The molecule has 0 aliphatic carbocycles. The van der Waals surface area contributed by atoms with E-state index < -0.39 is 15.8 Å². The van der Waals surface area contributed by atoms with E-state index in [1.54, 1.807) is 24.3 Å². The third-order valence-corrected chi connectivity index (χ3v) is 3.97. The predicted octanol–water partition coefficient (Wildman–Crippen LogP) is 1.94. The average Bonchev–Trinajstić information content (AvgIpc) is 2.45. The minimum Gasteiger partial charge on any atom is -0.320 e. The highest BCUT2D eigenvalue weighted by Gasteiger charge is 2.14. The molecule has 0 unspecified atom stereocenters. The molecule has 4 nitrogen and oxygen atoms in total. The van der Waals surface area contributed by atoms with Crippen LogP contribution in [0.1, 0.15) is 5.56 Å². The van der Waals surface area contributed by atoms with Gasteiger partial charge >= 0.3 is 0 Å². The molecule has 108 valence electrons. The molecule has 0 aromatic heterocycles. The maximum atomic E-state index is 12.8. The molecule has 0 radical (unpaired) electrons. The highest BCUT2D eigenvalue weighted by atomic mass is 32.2. The number of halogens is 1. The van der Waals surface area contributed by atoms with Gasteiger partial charge in [-0.25, -0.2) is 12.8 Å². The Bertz CT molecular complexity index is 790. The van der Waals surface area contributed by atoms with E-state index in [4.69, 9.17) is 5.73 Å². The van der Waals surface area contributed by atoms with E-state index in [1.165, 1.54) is 12.1 Å². The molecule has 0 aliphatic rings. The van der Waals surface area contributed by atoms with Gasteiger partial charge in [-0.15, -0.1) is 0 Å². The molecule has 0 spiro atoms. The summed E-state index contributed by atoms with van der Waals surface area (Å²) in [5.74, 6) is 5.02. The van der Waals surface area contributed by atoms with Crippen LogP contribution in [0.3, 0.4) is 0 Å². The maximum Gasteiger partial charge on any atom is 0.261 e. The zero-order valence-corrected chi connectivity index (χ0v) is 11.8. The van der Waals surface area contributed by atoms with Gasteiger partial charge in [-0.1, -0.05) is 17.9 Å². The summed E-state index contributed by atoms with van der Waals surface area (Å²) in [4.78, 5) is -0.0117. The fraction of sp³-hybridized carbons (Fsp3) is 0.0667. The lowest BCUT2D eigenvalue weighted by Gasteiger charge is -2.08. The Morgan fingerprint density at radius 2 is 1.86 bits per heavy atom. The van der Waals surface area contributed by atoms with Gasteiger partial charge in [-0.05, 0) is 42.5 Å². The second-order valence-corrected chi connectivity index (χ2v) is 5.83. The van der Waals surface area contributed by atoms with Gasteiger partial charge in [-0.3, -0.25) is 4.72 Å². The van der Waals surface area contributed by atoms with Crippen molar-refractivity contribution in [3.8, 4) is 11.8 Å². The first-order valence-corrected chi connectivity index (χ1v) is 7.57. The summed E-state index contributed by atoms with van der Waals surface area (Å²) in [7, 11) is -3.76. The van der Waals surface area contributed by atoms with Crippen LogP contribution in [-0.2, 0) is 10.0 Å². The molecule has 0 saturated carbocycles. The van der Waals surface area contributed by atoms with Crippen LogP contribution in [0.4, 0.5) is 10.1 Å². The Balaban J connectivity index is 2.26. The van der Waals surface area contributed by atoms with E-state index in [9.17, 15) is 12.8 Å². The third kappa shape index (κ3) is 4.05. The number of anilines is 1. The lowest BCUT2D eigenvalue weighted by molar-refractivity contribution is 0.599. The highest BCUT2D eigenvalue weighted by Crippen LogP contribution is 2.17. The van der Waals surface area contributed by atoms with E-state index in [2.05, 4.69) is 16.6 Å². The molecule has 0 heterocycles. The van der Waals surface area contributed by atoms with Crippen LogP contribution in [0.15, 0.2) is 53.4 Å². The van der Waals surface area contributed by atoms with Crippen molar-refractivity contribution in [2.45, 2.75) is 4.90 Å². The van der Waals surface area contributed by atoms with Gasteiger partial charge in [0.15, 0.2) is 0 Å². The summed E-state index contributed by atoms with van der Waals surface area (Å²) in [6.07, 6.45) is 0. The minimum atomic E-state index is -3.76. The first kappa shape index (κ1) is 15.0. The monoisotopic (exact) mass is 304 g/mol. The summed E-state index contributed by atoms with van der Waals surface area (Å²) in [5.41, 5.74) is 6.32. The average molecular weight is 304 g/mol. The van der Waals surface area contributed by atoms with E-state index in [-0.39, 0.29) is 11.4 Å². The Morgan fingerprint density at radius 3 is 2.52 bits per heavy atom. The van der Waals surface area contributed by atoms with Crippen molar-refractivity contribution in [1.82, 2.24) is 0 Å². The number of hydrogen-bond donors (Lipinski definition) is 2. The van der Waals surface area contributed by atoms with Crippen molar-refractivity contribution in [3.05, 3.63) is 59.9 Å². The first-order chi connectivity index (χ1) is 10.0.